The van der Waals surface area contributed by atoms with Crippen LogP contribution in [0.5, 0.6) is 0 Å². The van der Waals surface area contributed by atoms with Crippen molar-refractivity contribution in [2.45, 2.75) is 58.0 Å². The largest absolute Gasteiger partial charge is 0.338 e. The van der Waals surface area contributed by atoms with Gasteiger partial charge in [0.15, 0.2) is 5.82 Å². The van der Waals surface area contributed by atoms with Crippen molar-refractivity contribution < 1.29 is 8.91 Å². The third-order valence-electron chi connectivity index (χ3n) is 4.62. The highest BCUT2D eigenvalue weighted by Gasteiger charge is 2.30. The molecule has 0 amide bonds. The minimum Gasteiger partial charge on any atom is -0.338 e. The zero-order valence-corrected chi connectivity index (χ0v) is 13.9. The van der Waals surface area contributed by atoms with Crippen LogP contribution < -0.4 is 5.32 Å². The molecule has 1 saturated carbocycles. The number of nitrogens with zero attached hydrogens (tertiary/aromatic N) is 2. The first-order chi connectivity index (χ1) is 11.0. The minimum atomic E-state index is -0.201. The molecule has 1 aromatic heterocycles. The van der Waals surface area contributed by atoms with Gasteiger partial charge in [-0.25, -0.2) is 4.39 Å². The van der Waals surface area contributed by atoms with Gasteiger partial charge in [0, 0.05) is 12.0 Å². The van der Waals surface area contributed by atoms with Crippen LogP contribution in [0.3, 0.4) is 0 Å². The Kier molecular flexibility index (Phi) is 4.76. The van der Waals surface area contributed by atoms with Crippen LogP contribution in [-0.4, -0.2) is 10.1 Å². The summed E-state index contributed by atoms with van der Waals surface area (Å²) in [5.41, 5.74) is 1.12. The lowest BCUT2D eigenvalue weighted by molar-refractivity contribution is 0.207. The molecule has 5 heteroatoms. The number of rotatable bonds is 6. The molecule has 4 nitrogen and oxygen atoms in total. The molecule has 0 radical (unpaired) electrons. The van der Waals surface area contributed by atoms with Gasteiger partial charge in [-0.2, -0.15) is 4.98 Å². The molecule has 2 aromatic rings. The number of halogens is 1. The van der Waals surface area contributed by atoms with Crippen LogP contribution in [0.4, 0.5) is 4.39 Å². The number of nitrogens with one attached hydrogen (secondary N) is 1. The van der Waals surface area contributed by atoms with Gasteiger partial charge < -0.3 is 4.52 Å². The van der Waals surface area contributed by atoms with Gasteiger partial charge >= 0.3 is 0 Å². The highest BCUT2D eigenvalue weighted by molar-refractivity contribution is 5.21. The summed E-state index contributed by atoms with van der Waals surface area (Å²) in [5, 5.41) is 7.64. The van der Waals surface area contributed by atoms with Crippen LogP contribution in [0.25, 0.3) is 0 Å². The average Bonchev–Trinajstić information content (AvgIpc) is 2.95. The monoisotopic (exact) mass is 317 g/mol. The van der Waals surface area contributed by atoms with Crippen molar-refractivity contribution in [1.82, 2.24) is 15.5 Å². The molecule has 1 aliphatic rings. The lowest BCUT2D eigenvalue weighted by atomic mass is 9.77. The Bertz CT molecular complexity index is 634. The predicted molar refractivity (Wildman–Crippen MR) is 86.4 cm³/mol. The Balaban J connectivity index is 1.76. The molecule has 1 aromatic carbocycles. The summed E-state index contributed by atoms with van der Waals surface area (Å²) in [5.74, 6) is 1.97. The van der Waals surface area contributed by atoms with Gasteiger partial charge in [0.1, 0.15) is 5.82 Å². The number of hydrogen-bond donors (Lipinski definition) is 1. The van der Waals surface area contributed by atoms with E-state index in [1.165, 1.54) is 31.4 Å². The van der Waals surface area contributed by atoms with E-state index in [9.17, 15) is 4.39 Å². The average molecular weight is 317 g/mol. The third kappa shape index (κ3) is 3.61. The number of aromatic nitrogens is 2. The van der Waals surface area contributed by atoms with Crippen LogP contribution >= 0.6 is 0 Å². The van der Waals surface area contributed by atoms with Crippen molar-refractivity contribution in [2.75, 3.05) is 0 Å². The molecule has 23 heavy (non-hydrogen) atoms. The van der Waals surface area contributed by atoms with Gasteiger partial charge in [-0.3, -0.25) is 5.32 Å². The van der Waals surface area contributed by atoms with Gasteiger partial charge in [0.2, 0.25) is 5.89 Å². The van der Waals surface area contributed by atoms with Crippen LogP contribution in [0, 0.1) is 11.7 Å². The smallest absolute Gasteiger partial charge is 0.243 e. The fourth-order valence-corrected chi connectivity index (χ4v) is 2.95. The van der Waals surface area contributed by atoms with Crippen molar-refractivity contribution in [3.8, 4) is 0 Å². The van der Waals surface area contributed by atoms with Crippen molar-refractivity contribution in [3.05, 3.63) is 47.4 Å². The maximum Gasteiger partial charge on any atom is 0.243 e. The van der Waals surface area contributed by atoms with Gasteiger partial charge in [0.25, 0.3) is 0 Å². The first-order valence-electron chi connectivity index (χ1n) is 8.39. The summed E-state index contributed by atoms with van der Waals surface area (Å²) in [4.78, 5) is 4.47. The zero-order chi connectivity index (χ0) is 16.4. The van der Waals surface area contributed by atoms with Crippen molar-refractivity contribution in [3.63, 3.8) is 0 Å². The lowest BCUT2D eigenvalue weighted by Crippen LogP contribution is -2.34. The van der Waals surface area contributed by atoms with Crippen LogP contribution in [0.1, 0.15) is 75.3 Å². The third-order valence-corrected chi connectivity index (χ3v) is 4.62. The molecule has 124 valence electrons. The van der Waals surface area contributed by atoms with Crippen molar-refractivity contribution in [2.24, 2.45) is 5.92 Å². The quantitative estimate of drug-likeness (QED) is 0.851. The molecule has 1 heterocycles. The molecule has 1 N–H and O–H groups in total. The van der Waals surface area contributed by atoms with E-state index in [4.69, 9.17) is 4.52 Å². The molecule has 0 bridgehead atoms. The normalized spacial score (nSPS) is 18.0. The first kappa shape index (κ1) is 16.1. The van der Waals surface area contributed by atoms with E-state index in [1.54, 1.807) is 0 Å². The fourth-order valence-electron chi connectivity index (χ4n) is 2.95. The van der Waals surface area contributed by atoms with Crippen molar-refractivity contribution >= 4 is 0 Å². The maximum absolute atomic E-state index is 13.2. The van der Waals surface area contributed by atoms with E-state index < -0.39 is 0 Å². The number of hydrogen-bond acceptors (Lipinski definition) is 4. The molecule has 0 saturated heterocycles. The summed E-state index contributed by atoms with van der Waals surface area (Å²) in [6.45, 7) is 6.12. The second-order valence-electron chi connectivity index (χ2n) is 6.75. The van der Waals surface area contributed by atoms with Gasteiger partial charge in [-0.15, -0.1) is 0 Å². The van der Waals surface area contributed by atoms with Gasteiger partial charge in [-0.1, -0.05) is 37.6 Å². The topological polar surface area (TPSA) is 51.0 Å². The van der Waals surface area contributed by atoms with E-state index in [0.717, 1.165) is 11.4 Å². The standard InChI is InChI=1S/C18H24FN3O/c1-11(2)17-21-18(23-22-17)12(3)20-16(13-5-4-6-13)14-7-9-15(19)10-8-14/h7-13,16,20H,4-6H2,1-3H3/t12-,16-/m1/s1. The van der Waals surface area contributed by atoms with Crippen LogP contribution in [0.2, 0.25) is 0 Å². The Morgan fingerprint density at radius 3 is 2.39 bits per heavy atom. The first-order valence-corrected chi connectivity index (χ1v) is 8.39. The van der Waals surface area contributed by atoms with E-state index >= 15 is 0 Å². The molecule has 2 atom stereocenters. The predicted octanol–water partition coefficient (Wildman–Crippen LogP) is 4.52. The molecular formula is C18H24FN3O. The number of benzene rings is 1. The summed E-state index contributed by atoms with van der Waals surface area (Å²) in [6, 6.07) is 6.93. The lowest BCUT2D eigenvalue weighted by Gasteiger charge is -2.36. The molecule has 0 unspecified atom stereocenters. The Morgan fingerprint density at radius 1 is 1.17 bits per heavy atom. The summed E-state index contributed by atoms with van der Waals surface area (Å²) in [6.07, 6.45) is 3.65. The Labute approximate surface area is 136 Å². The molecule has 0 spiro atoms. The van der Waals surface area contributed by atoms with Crippen molar-refractivity contribution in [1.29, 1.82) is 0 Å². The van der Waals surface area contributed by atoms with E-state index in [-0.39, 0.29) is 23.8 Å². The highest BCUT2D eigenvalue weighted by atomic mass is 19.1. The summed E-state index contributed by atoms with van der Waals surface area (Å²) in [7, 11) is 0. The summed E-state index contributed by atoms with van der Waals surface area (Å²) >= 11 is 0. The Morgan fingerprint density at radius 2 is 1.87 bits per heavy atom. The minimum absolute atomic E-state index is 0.0364. The van der Waals surface area contributed by atoms with Gasteiger partial charge in [0.05, 0.1) is 6.04 Å². The molecule has 3 rings (SSSR count). The molecular weight excluding hydrogens is 293 g/mol. The summed E-state index contributed by atoms with van der Waals surface area (Å²) < 4.78 is 18.6. The molecule has 0 aliphatic heterocycles. The van der Waals surface area contributed by atoms with Crippen LogP contribution in [-0.2, 0) is 0 Å². The zero-order valence-electron chi connectivity index (χ0n) is 13.9. The van der Waals surface area contributed by atoms with E-state index in [2.05, 4.69) is 15.5 Å². The second kappa shape index (κ2) is 6.79. The molecule has 1 fully saturated rings. The SMILES string of the molecule is CC(C)c1noc([C@@H](C)N[C@@H](c2ccc(F)cc2)C2CCC2)n1. The van der Waals surface area contributed by atoms with E-state index in [1.807, 2.05) is 32.9 Å². The Hall–Kier alpha value is -1.75. The van der Waals surface area contributed by atoms with Crippen LogP contribution in [0.15, 0.2) is 28.8 Å². The second-order valence-corrected chi connectivity index (χ2v) is 6.75. The maximum atomic E-state index is 13.2. The fraction of sp³-hybridized carbons (Fsp3) is 0.556. The van der Waals surface area contributed by atoms with Gasteiger partial charge in [-0.05, 0) is 43.4 Å². The van der Waals surface area contributed by atoms with E-state index in [0.29, 0.717) is 11.8 Å². The molecule has 1 aliphatic carbocycles. The highest BCUT2D eigenvalue weighted by Crippen LogP contribution is 2.39.